The molecule has 0 saturated carbocycles. The summed E-state index contributed by atoms with van der Waals surface area (Å²) in [4.78, 5) is 0. The van der Waals surface area contributed by atoms with Crippen LogP contribution in [0, 0.1) is 0 Å². The normalized spacial score (nSPS) is 19.7. The van der Waals surface area contributed by atoms with Crippen LogP contribution in [0.25, 0.3) is 0 Å². The minimum Gasteiger partial charge on any atom is -0.497 e. The van der Waals surface area contributed by atoms with Gasteiger partial charge in [0.2, 0.25) is 0 Å². The third-order valence-corrected chi connectivity index (χ3v) is 4.11. The molecule has 120 valence electrons. The van der Waals surface area contributed by atoms with Crippen molar-refractivity contribution in [3.63, 3.8) is 0 Å². The van der Waals surface area contributed by atoms with Crippen molar-refractivity contribution in [2.45, 2.75) is 25.6 Å². The van der Waals surface area contributed by atoms with E-state index in [1.165, 1.54) is 0 Å². The van der Waals surface area contributed by atoms with E-state index < -0.39 is 5.60 Å². The molecule has 0 bridgehead atoms. The zero-order chi connectivity index (χ0) is 16.4. The number of methoxy groups -OCH3 is 2. The van der Waals surface area contributed by atoms with Crippen molar-refractivity contribution >= 4 is 12.6 Å². The fourth-order valence-corrected chi connectivity index (χ4v) is 2.82. The molecule has 3 rings (SSSR count). The minimum absolute atomic E-state index is 0.138. The summed E-state index contributed by atoms with van der Waals surface area (Å²) in [6, 6.07) is 15.7. The first-order chi connectivity index (χ1) is 11.0. The Balaban J connectivity index is 1.82. The van der Waals surface area contributed by atoms with Crippen LogP contribution in [0.3, 0.4) is 0 Å². The molecule has 0 radical (unpaired) electrons. The molecule has 1 fully saturated rings. The van der Waals surface area contributed by atoms with Crippen molar-refractivity contribution in [3.05, 3.63) is 54.1 Å². The van der Waals surface area contributed by atoms with Crippen molar-refractivity contribution in [2.24, 2.45) is 0 Å². The topological polar surface area (TPSA) is 36.9 Å². The second kappa shape index (κ2) is 6.26. The van der Waals surface area contributed by atoms with E-state index in [0.717, 1.165) is 22.5 Å². The molecular weight excluding hydrogens is 291 g/mol. The third kappa shape index (κ3) is 3.21. The SMILES string of the molecule is COc1ccc(B2OC(c3ccc(OC)cc3)C(C)(C)O2)cc1. The third-order valence-electron chi connectivity index (χ3n) is 4.11. The lowest BCUT2D eigenvalue weighted by Crippen LogP contribution is -2.34. The van der Waals surface area contributed by atoms with Crippen molar-refractivity contribution < 1.29 is 18.8 Å². The van der Waals surface area contributed by atoms with Crippen LogP contribution in [0.1, 0.15) is 25.5 Å². The predicted octanol–water partition coefficient (Wildman–Crippen LogP) is 2.97. The Bertz CT molecular complexity index is 652. The van der Waals surface area contributed by atoms with Crippen LogP contribution in [0.15, 0.2) is 48.5 Å². The molecule has 1 unspecified atom stereocenters. The van der Waals surface area contributed by atoms with E-state index in [9.17, 15) is 0 Å². The van der Waals surface area contributed by atoms with E-state index in [2.05, 4.69) is 0 Å². The van der Waals surface area contributed by atoms with Crippen LogP contribution >= 0.6 is 0 Å². The van der Waals surface area contributed by atoms with E-state index in [0.29, 0.717) is 0 Å². The van der Waals surface area contributed by atoms with Crippen LogP contribution in [-0.4, -0.2) is 26.9 Å². The molecule has 0 aromatic heterocycles. The molecule has 0 N–H and O–H groups in total. The lowest BCUT2D eigenvalue weighted by molar-refractivity contribution is 0.0727. The number of rotatable bonds is 4. The van der Waals surface area contributed by atoms with Crippen molar-refractivity contribution in [1.29, 1.82) is 0 Å². The average Bonchev–Trinajstić information content (AvgIpc) is 2.90. The minimum atomic E-state index is -0.417. The predicted molar refractivity (Wildman–Crippen MR) is 90.4 cm³/mol. The highest BCUT2D eigenvalue weighted by Crippen LogP contribution is 2.39. The zero-order valence-electron chi connectivity index (χ0n) is 13.9. The van der Waals surface area contributed by atoms with E-state index in [4.69, 9.17) is 18.8 Å². The lowest BCUT2D eigenvalue weighted by atomic mass is 9.79. The van der Waals surface area contributed by atoms with Crippen LogP contribution in [0.2, 0.25) is 0 Å². The van der Waals surface area contributed by atoms with Gasteiger partial charge in [0, 0.05) is 0 Å². The molecule has 4 nitrogen and oxygen atoms in total. The molecule has 1 heterocycles. The number of hydrogen-bond donors (Lipinski definition) is 0. The molecule has 23 heavy (non-hydrogen) atoms. The van der Waals surface area contributed by atoms with Crippen molar-refractivity contribution in [1.82, 2.24) is 0 Å². The monoisotopic (exact) mass is 312 g/mol. The Morgan fingerprint density at radius 1 is 0.870 bits per heavy atom. The first-order valence-corrected chi connectivity index (χ1v) is 7.64. The summed E-state index contributed by atoms with van der Waals surface area (Å²) in [5.74, 6) is 1.65. The standard InChI is InChI=1S/C18H21BO4/c1-18(2)17(13-5-9-15(20-3)10-6-13)22-19(23-18)14-7-11-16(21-4)12-8-14/h5-12,17H,1-4H3. The highest BCUT2D eigenvalue weighted by atomic mass is 16.7. The second-order valence-corrected chi connectivity index (χ2v) is 6.12. The summed E-state index contributed by atoms with van der Waals surface area (Å²) in [6.07, 6.45) is -0.138. The summed E-state index contributed by atoms with van der Waals surface area (Å²) in [7, 11) is 2.93. The van der Waals surface area contributed by atoms with Gasteiger partial charge in [0.25, 0.3) is 0 Å². The Labute approximate surface area is 137 Å². The Hall–Kier alpha value is -1.98. The molecule has 5 heteroatoms. The van der Waals surface area contributed by atoms with Gasteiger partial charge in [-0.05, 0) is 49.1 Å². The van der Waals surface area contributed by atoms with Gasteiger partial charge < -0.3 is 18.8 Å². The van der Waals surface area contributed by atoms with E-state index in [-0.39, 0.29) is 13.2 Å². The highest BCUT2D eigenvalue weighted by Gasteiger charge is 2.46. The molecule has 0 amide bonds. The van der Waals surface area contributed by atoms with Gasteiger partial charge in [-0.3, -0.25) is 0 Å². The molecule has 2 aromatic rings. The smallest absolute Gasteiger partial charge is 0.494 e. The molecule has 1 aliphatic heterocycles. The van der Waals surface area contributed by atoms with E-state index in [1.54, 1.807) is 14.2 Å². The first kappa shape index (κ1) is 15.9. The molecule has 0 spiro atoms. The molecule has 1 aliphatic rings. The molecule has 1 atom stereocenters. The molecule has 1 saturated heterocycles. The Morgan fingerprint density at radius 2 is 1.39 bits per heavy atom. The summed E-state index contributed by atoms with van der Waals surface area (Å²) in [6.45, 7) is 4.09. The van der Waals surface area contributed by atoms with E-state index in [1.807, 2.05) is 62.4 Å². The van der Waals surface area contributed by atoms with Crippen LogP contribution < -0.4 is 14.9 Å². The van der Waals surface area contributed by atoms with Gasteiger partial charge in [-0.1, -0.05) is 24.3 Å². The molecule has 0 aliphatic carbocycles. The zero-order valence-corrected chi connectivity index (χ0v) is 13.9. The first-order valence-electron chi connectivity index (χ1n) is 7.64. The Morgan fingerprint density at radius 3 is 1.91 bits per heavy atom. The van der Waals surface area contributed by atoms with Crippen molar-refractivity contribution in [2.75, 3.05) is 14.2 Å². The summed E-state index contributed by atoms with van der Waals surface area (Å²) >= 11 is 0. The number of hydrogen-bond acceptors (Lipinski definition) is 4. The fraction of sp³-hybridized carbons (Fsp3) is 0.333. The maximum atomic E-state index is 6.19. The highest BCUT2D eigenvalue weighted by molar-refractivity contribution is 6.62. The van der Waals surface area contributed by atoms with Gasteiger partial charge in [-0.25, -0.2) is 0 Å². The molecule has 2 aromatic carbocycles. The maximum absolute atomic E-state index is 6.19. The van der Waals surface area contributed by atoms with Gasteiger partial charge in [0.15, 0.2) is 0 Å². The van der Waals surface area contributed by atoms with Gasteiger partial charge in [-0.2, -0.15) is 0 Å². The summed E-state index contributed by atoms with van der Waals surface area (Å²) in [5, 5.41) is 0. The van der Waals surface area contributed by atoms with Gasteiger partial charge in [0.1, 0.15) is 11.5 Å². The summed E-state index contributed by atoms with van der Waals surface area (Å²) in [5.41, 5.74) is 1.64. The average molecular weight is 312 g/mol. The lowest BCUT2D eigenvalue weighted by Gasteiger charge is -2.25. The largest absolute Gasteiger partial charge is 0.497 e. The quantitative estimate of drug-likeness (QED) is 0.814. The van der Waals surface area contributed by atoms with Gasteiger partial charge >= 0.3 is 7.12 Å². The number of ether oxygens (including phenoxy) is 2. The fourth-order valence-electron chi connectivity index (χ4n) is 2.82. The van der Waals surface area contributed by atoms with Crippen LogP contribution in [0.4, 0.5) is 0 Å². The van der Waals surface area contributed by atoms with E-state index >= 15 is 0 Å². The number of benzene rings is 2. The van der Waals surface area contributed by atoms with Gasteiger partial charge in [0.05, 0.1) is 25.9 Å². The summed E-state index contributed by atoms with van der Waals surface area (Å²) < 4.78 is 22.7. The molecular formula is C18H21BO4. The van der Waals surface area contributed by atoms with Gasteiger partial charge in [-0.15, -0.1) is 0 Å². The maximum Gasteiger partial charge on any atom is 0.494 e. The second-order valence-electron chi connectivity index (χ2n) is 6.12. The van der Waals surface area contributed by atoms with Crippen LogP contribution in [-0.2, 0) is 9.31 Å². The Kier molecular flexibility index (Phi) is 4.33. The van der Waals surface area contributed by atoms with Crippen molar-refractivity contribution in [3.8, 4) is 11.5 Å². The van der Waals surface area contributed by atoms with Crippen LogP contribution in [0.5, 0.6) is 11.5 Å².